The highest BCUT2D eigenvalue weighted by atomic mass is 19.4. The van der Waals surface area contributed by atoms with E-state index in [0.717, 1.165) is 25.9 Å². The Kier molecular flexibility index (Phi) is 5.84. The topological polar surface area (TPSA) is 53.6 Å². The normalized spacial score (nSPS) is 19.4. The molecule has 0 aromatic heterocycles. The van der Waals surface area contributed by atoms with E-state index in [1.54, 1.807) is 0 Å². The second kappa shape index (κ2) is 7.65. The molecule has 0 saturated carbocycles. The number of rotatable bonds is 5. The minimum Gasteiger partial charge on any atom is -0.406 e. The van der Waals surface area contributed by atoms with E-state index >= 15 is 0 Å². The molecule has 5 nitrogen and oxygen atoms in total. The molecule has 0 radical (unpaired) electrons. The highest BCUT2D eigenvalue weighted by Gasteiger charge is 2.31. The van der Waals surface area contributed by atoms with Gasteiger partial charge >= 0.3 is 6.36 Å². The average molecular weight is 331 g/mol. The third kappa shape index (κ3) is 6.07. The first-order valence-electron chi connectivity index (χ1n) is 7.41. The van der Waals surface area contributed by atoms with Crippen molar-refractivity contribution in [3.63, 3.8) is 0 Å². The van der Waals surface area contributed by atoms with Crippen LogP contribution in [0.3, 0.4) is 0 Å². The van der Waals surface area contributed by atoms with Crippen LogP contribution in [0.2, 0.25) is 0 Å². The van der Waals surface area contributed by atoms with Gasteiger partial charge in [-0.1, -0.05) is 0 Å². The molecule has 1 saturated heterocycles. The highest BCUT2D eigenvalue weighted by molar-refractivity contribution is 5.92. The summed E-state index contributed by atoms with van der Waals surface area (Å²) in [5, 5.41) is 5.88. The van der Waals surface area contributed by atoms with Crippen LogP contribution in [0.1, 0.15) is 12.8 Å². The summed E-state index contributed by atoms with van der Waals surface area (Å²) >= 11 is 0. The van der Waals surface area contributed by atoms with Crippen molar-refractivity contribution in [1.82, 2.24) is 10.2 Å². The molecule has 1 fully saturated rings. The number of likely N-dealkylation sites (N-methyl/N-ethyl adjacent to an activating group) is 1. The minimum atomic E-state index is -4.72. The molecule has 1 atom stereocenters. The van der Waals surface area contributed by atoms with Crippen LogP contribution in [0.5, 0.6) is 5.75 Å². The molecular weight excluding hydrogens is 311 g/mol. The molecule has 2 N–H and O–H groups in total. The SMILES string of the molecule is CNC1CCCN(CC(=O)Nc2ccc(OC(F)(F)F)cc2)C1. The van der Waals surface area contributed by atoms with E-state index in [1.807, 2.05) is 7.05 Å². The lowest BCUT2D eigenvalue weighted by Crippen LogP contribution is -2.46. The van der Waals surface area contributed by atoms with Crippen LogP contribution in [0.25, 0.3) is 0 Å². The first-order valence-corrected chi connectivity index (χ1v) is 7.41. The molecule has 0 aliphatic carbocycles. The summed E-state index contributed by atoms with van der Waals surface area (Å²) < 4.78 is 40.0. The van der Waals surface area contributed by atoms with Gasteiger partial charge < -0.3 is 15.4 Å². The molecule has 1 amide bonds. The van der Waals surface area contributed by atoms with Crippen LogP contribution < -0.4 is 15.4 Å². The molecule has 0 bridgehead atoms. The molecule has 1 aliphatic heterocycles. The minimum absolute atomic E-state index is 0.189. The van der Waals surface area contributed by atoms with Gasteiger partial charge in [0.2, 0.25) is 5.91 Å². The summed E-state index contributed by atoms with van der Waals surface area (Å²) in [7, 11) is 1.90. The molecule has 1 aromatic rings. The predicted molar refractivity (Wildman–Crippen MR) is 80.3 cm³/mol. The fraction of sp³-hybridized carbons (Fsp3) is 0.533. The molecule has 2 rings (SSSR count). The number of benzene rings is 1. The number of alkyl halides is 3. The van der Waals surface area contributed by atoms with Crippen LogP contribution in [0.15, 0.2) is 24.3 Å². The number of carbonyl (C=O) groups is 1. The van der Waals surface area contributed by atoms with Crippen LogP contribution >= 0.6 is 0 Å². The van der Waals surface area contributed by atoms with E-state index in [0.29, 0.717) is 11.7 Å². The summed E-state index contributed by atoms with van der Waals surface area (Å²) in [5.41, 5.74) is 0.437. The number of hydrogen-bond donors (Lipinski definition) is 2. The maximum Gasteiger partial charge on any atom is 0.573 e. The first-order chi connectivity index (χ1) is 10.9. The number of anilines is 1. The first kappa shape index (κ1) is 17.6. The predicted octanol–water partition coefficient (Wildman–Crippen LogP) is 2.21. The fourth-order valence-electron chi connectivity index (χ4n) is 2.58. The Morgan fingerprint density at radius 3 is 2.65 bits per heavy atom. The van der Waals surface area contributed by atoms with E-state index in [9.17, 15) is 18.0 Å². The number of ether oxygens (including phenoxy) is 1. The zero-order chi connectivity index (χ0) is 16.9. The summed E-state index contributed by atoms with van der Waals surface area (Å²) in [4.78, 5) is 14.1. The summed E-state index contributed by atoms with van der Waals surface area (Å²) in [6, 6.07) is 5.48. The largest absolute Gasteiger partial charge is 0.573 e. The van der Waals surface area contributed by atoms with Crippen molar-refractivity contribution in [2.45, 2.75) is 25.2 Å². The number of likely N-dealkylation sites (tertiary alicyclic amines) is 1. The number of hydrogen-bond acceptors (Lipinski definition) is 4. The Labute approximate surface area is 132 Å². The van der Waals surface area contributed by atoms with Crippen molar-refractivity contribution >= 4 is 11.6 Å². The van der Waals surface area contributed by atoms with Gasteiger partial charge in [0.25, 0.3) is 0 Å². The van der Waals surface area contributed by atoms with Gasteiger partial charge in [-0.25, -0.2) is 0 Å². The number of nitrogens with one attached hydrogen (secondary N) is 2. The van der Waals surface area contributed by atoms with E-state index in [1.165, 1.54) is 24.3 Å². The van der Waals surface area contributed by atoms with Crippen molar-refractivity contribution in [1.29, 1.82) is 0 Å². The van der Waals surface area contributed by atoms with Crippen molar-refractivity contribution < 1.29 is 22.7 Å². The third-order valence-electron chi connectivity index (χ3n) is 3.65. The number of amides is 1. The molecule has 23 heavy (non-hydrogen) atoms. The number of halogens is 3. The van der Waals surface area contributed by atoms with Crippen LogP contribution in [-0.4, -0.2) is 49.9 Å². The standard InChI is InChI=1S/C15H20F3N3O2/c1-19-12-3-2-8-21(9-12)10-14(22)20-11-4-6-13(7-5-11)23-15(16,17)18/h4-7,12,19H,2-3,8-10H2,1H3,(H,20,22). The second-order valence-corrected chi connectivity index (χ2v) is 5.48. The summed E-state index contributed by atoms with van der Waals surface area (Å²) in [5.74, 6) is -0.505. The Morgan fingerprint density at radius 2 is 2.04 bits per heavy atom. The van der Waals surface area contributed by atoms with Crippen molar-refractivity contribution in [2.24, 2.45) is 0 Å². The van der Waals surface area contributed by atoms with Crippen LogP contribution in [0, 0.1) is 0 Å². The van der Waals surface area contributed by atoms with E-state index < -0.39 is 6.36 Å². The lowest BCUT2D eigenvalue weighted by atomic mass is 10.1. The van der Waals surface area contributed by atoms with Crippen molar-refractivity contribution in [3.8, 4) is 5.75 Å². The van der Waals surface area contributed by atoms with Gasteiger partial charge in [-0.2, -0.15) is 0 Å². The van der Waals surface area contributed by atoms with E-state index in [2.05, 4.69) is 20.3 Å². The Morgan fingerprint density at radius 1 is 1.35 bits per heavy atom. The van der Waals surface area contributed by atoms with Gasteiger partial charge in [-0.3, -0.25) is 9.69 Å². The third-order valence-corrected chi connectivity index (χ3v) is 3.65. The van der Waals surface area contributed by atoms with Gasteiger partial charge in [0.1, 0.15) is 5.75 Å². The lowest BCUT2D eigenvalue weighted by molar-refractivity contribution is -0.274. The summed E-state index contributed by atoms with van der Waals surface area (Å²) in [6.07, 6.45) is -2.60. The molecule has 128 valence electrons. The quantitative estimate of drug-likeness (QED) is 0.869. The number of piperidine rings is 1. The lowest BCUT2D eigenvalue weighted by Gasteiger charge is -2.31. The Hall–Kier alpha value is -1.80. The van der Waals surface area contributed by atoms with Gasteiger partial charge in [0.05, 0.1) is 6.54 Å². The highest BCUT2D eigenvalue weighted by Crippen LogP contribution is 2.23. The maximum atomic E-state index is 12.1. The monoisotopic (exact) mass is 331 g/mol. The van der Waals surface area contributed by atoms with Crippen molar-refractivity contribution in [2.75, 3.05) is 32.0 Å². The molecule has 1 aromatic carbocycles. The molecule has 1 unspecified atom stereocenters. The van der Waals surface area contributed by atoms with Gasteiger partial charge in [-0.05, 0) is 50.7 Å². The molecule has 1 aliphatic rings. The van der Waals surface area contributed by atoms with Gasteiger partial charge in [-0.15, -0.1) is 13.2 Å². The Bertz CT molecular complexity index is 520. The fourth-order valence-corrected chi connectivity index (χ4v) is 2.58. The Balaban J connectivity index is 1.83. The molecule has 1 heterocycles. The zero-order valence-corrected chi connectivity index (χ0v) is 12.8. The maximum absolute atomic E-state index is 12.1. The number of nitrogens with zero attached hydrogens (tertiary/aromatic N) is 1. The molecule has 8 heteroatoms. The molecular formula is C15H20F3N3O2. The number of carbonyl (C=O) groups excluding carboxylic acids is 1. The average Bonchev–Trinajstić information content (AvgIpc) is 2.48. The van der Waals surface area contributed by atoms with Crippen LogP contribution in [-0.2, 0) is 4.79 Å². The van der Waals surface area contributed by atoms with E-state index in [4.69, 9.17) is 0 Å². The van der Waals surface area contributed by atoms with Crippen LogP contribution in [0.4, 0.5) is 18.9 Å². The van der Waals surface area contributed by atoms with Gasteiger partial charge in [0.15, 0.2) is 0 Å². The smallest absolute Gasteiger partial charge is 0.406 e. The second-order valence-electron chi connectivity index (χ2n) is 5.48. The zero-order valence-electron chi connectivity index (χ0n) is 12.8. The van der Waals surface area contributed by atoms with E-state index in [-0.39, 0.29) is 18.2 Å². The van der Waals surface area contributed by atoms with Crippen molar-refractivity contribution in [3.05, 3.63) is 24.3 Å². The van der Waals surface area contributed by atoms with Gasteiger partial charge in [0, 0.05) is 18.3 Å². The summed E-state index contributed by atoms with van der Waals surface area (Å²) in [6.45, 7) is 1.94. The molecule has 0 spiro atoms.